The van der Waals surface area contributed by atoms with Crippen molar-refractivity contribution < 1.29 is 12.8 Å². The summed E-state index contributed by atoms with van der Waals surface area (Å²) < 4.78 is 34.6. The van der Waals surface area contributed by atoms with Crippen LogP contribution >= 0.6 is 0 Å². The van der Waals surface area contributed by atoms with Gasteiger partial charge < -0.3 is 4.42 Å². The molecule has 120 valence electrons. The van der Waals surface area contributed by atoms with Crippen molar-refractivity contribution in [3.63, 3.8) is 0 Å². The van der Waals surface area contributed by atoms with Gasteiger partial charge in [-0.25, -0.2) is 8.42 Å². The van der Waals surface area contributed by atoms with E-state index in [2.05, 4.69) is 12.0 Å². The average molecular weight is 323 g/mol. The van der Waals surface area contributed by atoms with Gasteiger partial charge >= 0.3 is 0 Å². The second kappa shape index (κ2) is 5.89. The van der Waals surface area contributed by atoms with Crippen molar-refractivity contribution in [3.05, 3.63) is 36.5 Å². The molecule has 0 amide bonds. The van der Waals surface area contributed by atoms with Gasteiger partial charge in [-0.2, -0.15) is 9.40 Å². The molecule has 2 aromatic heterocycles. The van der Waals surface area contributed by atoms with E-state index in [1.807, 2.05) is 13.0 Å². The van der Waals surface area contributed by atoms with Gasteiger partial charge in [0.2, 0.25) is 10.0 Å². The zero-order valence-corrected chi connectivity index (χ0v) is 13.7. The van der Waals surface area contributed by atoms with E-state index in [0.717, 1.165) is 12.8 Å². The summed E-state index contributed by atoms with van der Waals surface area (Å²) in [5, 5.41) is 4.09. The van der Waals surface area contributed by atoms with Crippen LogP contribution in [0.4, 0.5) is 0 Å². The molecule has 7 heteroatoms. The van der Waals surface area contributed by atoms with Crippen molar-refractivity contribution in [1.82, 2.24) is 14.1 Å². The molecule has 0 bridgehead atoms. The first-order chi connectivity index (χ1) is 10.5. The van der Waals surface area contributed by atoms with E-state index in [1.165, 1.54) is 6.20 Å². The molecule has 0 radical (unpaired) electrons. The van der Waals surface area contributed by atoms with Crippen molar-refractivity contribution in [2.75, 3.05) is 6.54 Å². The Balaban J connectivity index is 1.96. The molecule has 3 heterocycles. The van der Waals surface area contributed by atoms with Gasteiger partial charge in [0.25, 0.3) is 0 Å². The van der Waals surface area contributed by atoms with Crippen molar-refractivity contribution in [2.45, 2.75) is 44.2 Å². The van der Waals surface area contributed by atoms with Gasteiger partial charge in [0.1, 0.15) is 10.7 Å². The maximum Gasteiger partial charge on any atom is 0.246 e. The van der Waals surface area contributed by atoms with Crippen LogP contribution in [-0.2, 0) is 16.6 Å². The molecule has 22 heavy (non-hydrogen) atoms. The van der Waals surface area contributed by atoms with Gasteiger partial charge in [-0.1, -0.05) is 6.92 Å². The number of furan rings is 1. The number of sulfonamides is 1. The van der Waals surface area contributed by atoms with Crippen LogP contribution < -0.4 is 0 Å². The third-order valence-corrected chi connectivity index (χ3v) is 6.09. The molecule has 0 N–H and O–H groups in total. The highest BCUT2D eigenvalue weighted by Crippen LogP contribution is 2.37. The zero-order chi connectivity index (χ0) is 15.7. The summed E-state index contributed by atoms with van der Waals surface area (Å²) in [7, 11) is -3.56. The van der Waals surface area contributed by atoms with Crippen LogP contribution in [0.5, 0.6) is 0 Å². The summed E-state index contributed by atoms with van der Waals surface area (Å²) in [6.07, 6.45) is 6.24. The van der Waals surface area contributed by atoms with E-state index in [9.17, 15) is 8.42 Å². The van der Waals surface area contributed by atoms with Crippen molar-refractivity contribution in [2.24, 2.45) is 5.92 Å². The zero-order valence-electron chi connectivity index (χ0n) is 12.8. The second-order valence-electron chi connectivity index (χ2n) is 5.81. The number of rotatable bonds is 4. The summed E-state index contributed by atoms with van der Waals surface area (Å²) in [4.78, 5) is 0.250. The Morgan fingerprint density at radius 2 is 2.27 bits per heavy atom. The molecule has 1 aliphatic heterocycles. The molecule has 1 fully saturated rings. The molecule has 3 rings (SSSR count). The Hall–Kier alpha value is -1.60. The van der Waals surface area contributed by atoms with Crippen molar-refractivity contribution >= 4 is 10.0 Å². The predicted molar refractivity (Wildman–Crippen MR) is 81.6 cm³/mol. The van der Waals surface area contributed by atoms with Gasteiger partial charge in [0.15, 0.2) is 0 Å². The fourth-order valence-corrected chi connectivity index (χ4v) is 4.51. The van der Waals surface area contributed by atoms with E-state index in [0.29, 0.717) is 24.8 Å². The molecule has 0 spiro atoms. The van der Waals surface area contributed by atoms with E-state index in [4.69, 9.17) is 4.42 Å². The summed E-state index contributed by atoms with van der Waals surface area (Å²) in [6, 6.07) is 3.41. The molecule has 0 aliphatic carbocycles. The fraction of sp³-hybridized carbons (Fsp3) is 0.533. The van der Waals surface area contributed by atoms with Crippen LogP contribution in [-0.4, -0.2) is 29.0 Å². The number of nitrogens with zero attached hydrogens (tertiary/aromatic N) is 3. The topological polar surface area (TPSA) is 68.3 Å². The minimum Gasteiger partial charge on any atom is -0.468 e. The van der Waals surface area contributed by atoms with Gasteiger partial charge in [-0.3, -0.25) is 4.68 Å². The quantitative estimate of drug-likeness (QED) is 0.867. The first-order valence-electron chi connectivity index (χ1n) is 7.60. The van der Waals surface area contributed by atoms with Crippen molar-refractivity contribution in [1.29, 1.82) is 0 Å². The van der Waals surface area contributed by atoms with Crippen LogP contribution in [0.3, 0.4) is 0 Å². The number of hydrogen-bond acceptors (Lipinski definition) is 4. The highest BCUT2D eigenvalue weighted by atomic mass is 32.2. The number of aryl methyl sites for hydroxylation is 1. The predicted octanol–water partition coefficient (Wildman–Crippen LogP) is 2.66. The Morgan fingerprint density at radius 3 is 2.91 bits per heavy atom. The Kier molecular flexibility index (Phi) is 4.10. The van der Waals surface area contributed by atoms with Crippen LogP contribution in [0.25, 0.3) is 0 Å². The average Bonchev–Trinajstić information content (AvgIpc) is 3.18. The van der Waals surface area contributed by atoms with Gasteiger partial charge in [0, 0.05) is 19.3 Å². The molecule has 2 aromatic rings. The lowest BCUT2D eigenvalue weighted by molar-refractivity contribution is 0.185. The minimum atomic E-state index is -3.56. The van der Waals surface area contributed by atoms with E-state index >= 15 is 0 Å². The summed E-state index contributed by atoms with van der Waals surface area (Å²) in [5.74, 6) is 1.18. The van der Waals surface area contributed by atoms with E-state index in [1.54, 1.807) is 27.5 Å². The molecule has 1 saturated heterocycles. The molecular weight excluding hydrogens is 302 g/mol. The Morgan fingerprint density at radius 1 is 1.45 bits per heavy atom. The second-order valence-corrected chi connectivity index (χ2v) is 7.70. The van der Waals surface area contributed by atoms with E-state index < -0.39 is 10.0 Å². The smallest absolute Gasteiger partial charge is 0.246 e. The summed E-state index contributed by atoms with van der Waals surface area (Å²) in [5.41, 5.74) is 0. The highest BCUT2D eigenvalue weighted by molar-refractivity contribution is 7.89. The Labute approximate surface area is 130 Å². The van der Waals surface area contributed by atoms with Gasteiger partial charge in [0.05, 0.1) is 18.5 Å². The fourth-order valence-electron chi connectivity index (χ4n) is 2.93. The van der Waals surface area contributed by atoms with Crippen molar-refractivity contribution in [3.8, 4) is 0 Å². The first kappa shape index (κ1) is 15.3. The lowest BCUT2D eigenvalue weighted by Gasteiger charge is -2.36. The summed E-state index contributed by atoms with van der Waals surface area (Å²) in [6.45, 7) is 5.23. The number of hydrogen-bond donors (Lipinski definition) is 0. The third kappa shape index (κ3) is 2.70. The molecule has 0 saturated carbocycles. The van der Waals surface area contributed by atoms with E-state index in [-0.39, 0.29) is 10.9 Å². The SMILES string of the molecule is CCn1cc(S(=O)(=O)N2CCC(C)CC2c2ccco2)cn1. The molecule has 0 aromatic carbocycles. The maximum atomic E-state index is 13.0. The molecule has 6 nitrogen and oxygen atoms in total. The number of piperidine rings is 1. The molecule has 2 unspecified atom stereocenters. The van der Waals surface area contributed by atoms with Crippen LogP contribution in [0, 0.1) is 5.92 Å². The third-order valence-electron chi connectivity index (χ3n) is 4.23. The monoisotopic (exact) mass is 323 g/mol. The van der Waals surface area contributed by atoms with Gasteiger partial charge in [-0.05, 0) is 37.8 Å². The lowest BCUT2D eigenvalue weighted by Crippen LogP contribution is -2.40. The summed E-state index contributed by atoms with van der Waals surface area (Å²) >= 11 is 0. The minimum absolute atomic E-state index is 0.242. The van der Waals surface area contributed by atoms with Gasteiger partial charge in [-0.15, -0.1) is 0 Å². The highest BCUT2D eigenvalue weighted by Gasteiger charge is 2.38. The lowest BCUT2D eigenvalue weighted by atomic mass is 9.93. The van der Waals surface area contributed by atoms with Crippen LogP contribution in [0.15, 0.2) is 40.1 Å². The van der Waals surface area contributed by atoms with Crippen LogP contribution in [0.1, 0.15) is 38.5 Å². The largest absolute Gasteiger partial charge is 0.468 e. The standard InChI is InChI=1S/C15H21N3O3S/c1-3-17-11-13(10-16-17)22(19,20)18-7-6-12(2)9-14(18)15-5-4-8-21-15/h4-5,8,10-12,14H,3,6-7,9H2,1-2H3. The molecule has 1 aliphatic rings. The first-order valence-corrected chi connectivity index (χ1v) is 9.04. The molecule has 2 atom stereocenters. The molecular formula is C15H21N3O3S. The Bertz CT molecular complexity index is 721. The normalized spacial score (nSPS) is 23.7. The van der Waals surface area contributed by atoms with Crippen LogP contribution in [0.2, 0.25) is 0 Å². The number of aromatic nitrogens is 2. The maximum absolute atomic E-state index is 13.0.